The molecule has 2 atom stereocenters. The Balaban J connectivity index is 2.70. The van der Waals surface area contributed by atoms with Crippen LogP contribution >= 0.6 is 0 Å². The predicted molar refractivity (Wildman–Crippen MR) is 68.5 cm³/mol. The van der Waals surface area contributed by atoms with E-state index in [0.717, 1.165) is 5.56 Å². The van der Waals surface area contributed by atoms with Crippen molar-refractivity contribution in [3.8, 4) is 0 Å². The molecule has 0 radical (unpaired) electrons. The SMILES string of the molecule is C[C@H](C(=O)NC(C)(C)C)[C@H](O)c1ccccc1. The molecular weight excluding hydrogens is 214 g/mol. The first kappa shape index (κ1) is 13.7. The van der Waals surface area contributed by atoms with Gasteiger partial charge in [-0.05, 0) is 26.3 Å². The fourth-order valence-electron chi connectivity index (χ4n) is 1.57. The third-order valence-electron chi connectivity index (χ3n) is 2.53. The van der Waals surface area contributed by atoms with Crippen LogP contribution in [-0.2, 0) is 4.79 Å². The van der Waals surface area contributed by atoms with Crippen LogP contribution in [0.25, 0.3) is 0 Å². The average Bonchev–Trinajstić information content (AvgIpc) is 2.26. The van der Waals surface area contributed by atoms with Gasteiger partial charge in [-0.1, -0.05) is 37.3 Å². The number of hydrogen-bond acceptors (Lipinski definition) is 2. The molecule has 1 amide bonds. The molecule has 0 saturated heterocycles. The maximum absolute atomic E-state index is 11.9. The van der Waals surface area contributed by atoms with Crippen molar-refractivity contribution in [3.63, 3.8) is 0 Å². The lowest BCUT2D eigenvalue weighted by molar-refractivity contribution is -0.129. The van der Waals surface area contributed by atoms with Crippen molar-refractivity contribution in [1.82, 2.24) is 5.32 Å². The molecule has 0 saturated carbocycles. The third kappa shape index (κ3) is 4.19. The highest BCUT2D eigenvalue weighted by atomic mass is 16.3. The number of nitrogens with one attached hydrogen (secondary N) is 1. The van der Waals surface area contributed by atoms with Crippen molar-refractivity contribution in [1.29, 1.82) is 0 Å². The summed E-state index contributed by atoms with van der Waals surface area (Å²) in [6.07, 6.45) is -0.765. The molecule has 1 rings (SSSR count). The van der Waals surface area contributed by atoms with Gasteiger partial charge < -0.3 is 10.4 Å². The Morgan fingerprint density at radius 2 is 1.76 bits per heavy atom. The molecule has 3 heteroatoms. The molecule has 94 valence electrons. The Labute approximate surface area is 103 Å². The molecule has 3 nitrogen and oxygen atoms in total. The van der Waals surface area contributed by atoms with Crippen LogP contribution in [0.5, 0.6) is 0 Å². The average molecular weight is 235 g/mol. The van der Waals surface area contributed by atoms with Crippen LogP contribution in [0.1, 0.15) is 39.4 Å². The minimum Gasteiger partial charge on any atom is -0.388 e. The molecule has 0 aliphatic rings. The Morgan fingerprint density at radius 3 is 2.24 bits per heavy atom. The van der Waals surface area contributed by atoms with Crippen LogP contribution in [0, 0.1) is 5.92 Å². The number of aliphatic hydroxyl groups is 1. The first-order chi connectivity index (χ1) is 7.81. The van der Waals surface area contributed by atoms with Gasteiger partial charge in [0.1, 0.15) is 0 Å². The lowest BCUT2D eigenvalue weighted by Crippen LogP contribution is -2.44. The van der Waals surface area contributed by atoms with Crippen LogP contribution < -0.4 is 5.32 Å². The highest BCUT2D eigenvalue weighted by molar-refractivity contribution is 5.79. The number of aliphatic hydroxyl groups excluding tert-OH is 1. The Bertz CT molecular complexity index is 368. The van der Waals surface area contributed by atoms with Crippen LogP contribution in [0.15, 0.2) is 30.3 Å². The lowest BCUT2D eigenvalue weighted by atomic mass is 9.95. The number of benzene rings is 1. The summed E-state index contributed by atoms with van der Waals surface area (Å²) >= 11 is 0. The zero-order chi connectivity index (χ0) is 13.1. The van der Waals surface area contributed by atoms with Crippen molar-refractivity contribution in [3.05, 3.63) is 35.9 Å². The third-order valence-corrected chi connectivity index (χ3v) is 2.53. The second-order valence-electron chi connectivity index (χ2n) is 5.38. The van der Waals surface area contributed by atoms with Gasteiger partial charge in [-0.3, -0.25) is 4.79 Å². The van der Waals surface area contributed by atoms with Crippen molar-refractivity contribution < 1.29 is 9.90 Å². The largest absolute Gasteiger partial charge is 0.388 e. The number of hydrogen-bond donors (Lipinski definition) is 2. The van der Waals surface area contributed by atoms with Crippen LogP contribution in [-0.4, -0.2) is 16.6 Å². The first-order valence-electron chi connectivity index (χ1n) is 5.86. The highest BCUT2D eigenvalue weighted by Gasteiger charge is 2.26. The Hall–Kier alpha value is -1.35. The molecule has 0 bridgehead atoms. The summed E-state index contributed by atoms with van der Waals surface area (Å²) in [7, 11) is 0. The fraction of sp³-hybridized carbons (Fsp3) is 0.500. The highest BCUT2D eigenvalue weighted by Crippen LogP contribution is 2.22. The zero-order valence-corrected chi connectivity index (χ0v) is 10.9. The standard InChI is InChI=1S/C14H21NO2/c1-10(13(17)15-14(2,3)4)12(16)11-8-6-5-7-9-11/h5-10,12,16H,1-4H3,(H,15,17)/t10-,12-/m0/s1. The van der Waals surface area contributed by atoms with Gasteiger partial charge in [-0.2, -0.15) is 0 Å². The van der Waals surface area contributed by atoms with E-state index in [2.05, 4.69) is 5.32 Å². The summed E-state index contributed by atoms with van der Waals surface area (Å²) in [5, 5.41) is 13.0. The maximum atomic E-state index is 11.9. The van der Waals surface area contributed by atoms with E-state index in [9.17, 15) is 9.90 Å². The lowest BCUT2D eigenvalue weighted by Gasteiger charge is -2.25. The molecule has 0 aliphatic carbocycles. The van der Waals surface area contributed by atoms with Crippen molar-refractivity contribution in [2.75, 3.05) is 0 Å². The molecular formula is C14H21NO2. The molecule has 17 heavy (non-hydrogen) atoms. The van der Waals surface area contributed by atoms with E-state index in [1.165, 1.54) is 0 Å². The molecule has 2 N–H and O–H groups in total. The van der Waals surface area contributed by atoms with E-state index in [1.807, 2.05) is 51.1 Å². The molecule has 0 aromatic heterocycles. The monoisotopic (exact) mass is 235 g/mol. The van der Waals surface area contributed by atoms with Gasteiger partial charge in [0.15, 0.2) is 0 Å². The van der Waals surface area contributed by atoms with Gasteiger partial charge >= 0.3 is 0 Å². The summed E-state index contributed by atoms with van der Waals surface area (Å²) in [5.41, 5.74) is 0.492. The summed E-state index contributed by atoms with van der Waals surface area (Å²) < 4.78 is 0. The Morgan fingerprint density at radius 1 is 1.24 bits per heavy atom. The van der Waals surface area contributed by atoms with Crippen molar-refractivity contribution in [2.24, 2.45) is 5.92 Å². The maximum Gasteiger partial charge on any atom is 0.226 e. The summed E-state index contributed by atoms with van der Waals surface area (Å²) in [6, 6.07) is 9.24. The topological polar surface area (TPSA) is 49.3 Å². The first-order valence-corrected chi connectivity index (χ1v) is 5.86. The van der Waals surface area contributed by atoms with E-state index in [0.29, 0.717) is 0 Å². The predicted octanol–water partition coefficient (Wildman–Crippen LogP) is 2.27. The van der Waals surface area contributed by atoms with E-state index >= 15 is 0 Å². The number of carbonyl (C=O) groups excluding carboxylic acids is 1. The van der Waals surface area contributed by atoms with E-state index in [-0.39, 0.29) is 11.4 Å². The van der Waals surface area contributed by atoms with Gasteiger partial charge in [0.2, 0.25) is 5.91 Å². The van der Waals surface area contributed by atoms with E-state index in [4.69, 9.17) is 0 Å². The fourth-order valence-corrected chi connectivity index (χ4v) is 1.57. The molecule has 0 spiro atoms. The minimum absolute atomic E-state index is 0.131. The van der Waals surface area contributed by atoms with Gasteiger partial charge in [0.05, 0.1) is 12.0 Å². The van der Waals surface area contributed by atoms with Crippen molar-refractivity contribution in [2.45, 2.75) is 39.3 Å². The van der Waals surface area contributed by atoms with E-state index < -0.39 is 12.0 Å². The summed E-state index contributed by atoms with van der Waals surface area (Å²) in [4.78, 5) is 11.9. The van der Waals surface area contributed by atoms with E-state index in [1.54, 1.807) is 6.92 Å². The van der Waals surface area contributed by atoms with Gasteiger partial charge in [0, 0.05) is 5.54 Å². The molecule has 0 heterocycles. The molecule has 1 aromatic carbocycles. The number of carbonyl (C=O) groups is 1. The molecule has 1 aromatic rings. The summed E-state index contributed by atoms with van der Waals surface area (Å²) in [6.45, 7) is 7.50. The quantitative estimate of drug-likeness (QED) is 0.844. The second kappa shape index (κ2) is 5.32. The normalized spacial score (nSPS) is 15.1. The molecule has 0 aliphatic heterocycles. The zero-order valence-electron chi connectivity index (χ0n) is 10.9. The minimum atomic E-state index is -0.765. The number of rotatable bonds is 3. The van der Waals surface area contributed by atoms with Gasteiger partial charge in [-0.15, -0.1) is 0 Å². The van der Waals surface area contributed by atoms with Gasteiger partial charge in [-0.25, -0.2) is 0 Å². The van der Waals surface area contributed by atoms with Crippen LogP contribution in [0.4, 0.5) is 0 Å². The second-order valence-corrected chi connectivity index (χ2v) is 5.38. The van der Waals surface area contributed by atoms with Crippen LogP contribution in [0.3, 0.4) is 0 Å². The molecule has 0 fully saturated rings. The summed E-state index contributed by atoms with van der Waals surface area (Å²) in [5.74, 6) is -0.592. The number of amides is 1. The smallest absolute Gasteiger partial charge is 0.226 e. The van der Waals surface area contributed by atoms with Crippen molar-refractivity contribution >= 4 is 5.91 Å². The Kier molecular flexibility index (Phi) is 4.29. The van der Waals surface area contributed by atoms with Gasteiger partial charge in [0.25, 0.3) is 0 Å². The van der Waals surface area contributed by atoms with Crippen LogP contribution in [0.2, 0.25) is 0 Å². The molecule has 0 unspecified atom stereocenters.